The minimum Gasteiger partial charge on any atom is -0.493 e. The fourth-order valence-electron chi connectivity index (χ4n) is 4.84. The highest BCUT2D eigenvalue weighted by atomic mass is 19.4. The van der Waals surface area contributed by atoms with Crippen molar-refractivity contribution in [2.45, 2.75) is 56.7 Å². The number of nitrogens with zero attached hydrogens (tertiary/aromatic N) is 1. The molecule has 2 aliphatic carbocycles. The first-order valence-corrected chi connectivity index (χ1v) is 11.8. The summed E-state index contributed by atoms with van der Waals surface area (Å²) in [5, 5.41) is 16.8. The summed E-state index contributed by atoms with van der Waals surface area (Å²) < 4.78 is 50.0. The lowest BCUT2D eigenvalue weighted by Crippen LogP contribution is -2.54. The molecule has 4 aliphatic rings. The third-order valence-corrected chi connectivity index (χ3v) is 6.61. The fourth-order valence-corrected chi connectivity index (χ4v) is 4.84. The molecule has 2 heterocycles. The number of alkyl halides is 3. The van der Waals surface area contributed by atoms with Crippen molar-refractivity contribution < 1.29 is 32.5 Å². The lowest BCUT2D eigenvalue weighted by Gasteiger charge is -2.35. The van der Waals surface area contributed by atoms with Gasteiger partial charge in [-0.1, -0.05) is 31.2 Å². The van der Waals surface area contributed by atoms with Gasteiger partial charge in [-0.2, -0.15) is 13.2 Å². The van der Waals surface area contributed by atoms with E-state index in [9.17, 15) is 23.1 Å². The van der Waals surface area contributed by atoms with Crippen molar-refractivity contribution in [2.24, 2.45) is 5.92 Å². The number of amides is 2. The van der Waals surface area contributed by atoms with E-state index in [1.165, 1.54) is 6.08 Å². The van der Waals surface area contributed by atoms with Crippen molar-refractivity contribution in [1.29, 1.82) is 0 Å². The molecule has 4 rings (SSSR count). The topological polar surface area (TPSA) is 83.1 Å². The molecule has 2 saturated heterocycles. The molecule has 0 spiro atoms. The summed E-state index contributed by atoms with van der Waals surface area (Å²) in [4.78, 5) is 14.9. The van der Waals surface area contributed by atoms with Crippen LogP contribution in [0.1, 0.15) is 26.2 Å². The molecule has 0 aromatic carbocycles. The summed E-state index contributed by atoms with van der Waals surface area (Å²) in [5.41, 5.74) is -0.0593. The minimum atomic E-state index is -4.40. The number of halogens is 3. The fraction of sp³-hybridized carbons (Fsp3) is 0.625. The van der Waals surface area contributed by atoms with Crippen LogP contribution in [0.15, 0.2) is 47.3 Å². The highest BCUT2D eigenvalue weighted by Gasteiger charge is 2.35. The standard InChI is InChI=1S/C24H32F3N3O4/c1-15-12-16(13-20-22(15)34-11-10-33-20)21(31)19(14-30-8-2-3-9-30)29-23(32)28-18-6-4-17(5-7-18)24(25,26)27/h4-6,12-13,15,18-19,21-22,31H,2-3,7-11,14H2,1H3,(H2,28,29,32)/t15?,18?,19-,21-,22?/m1/s1. The van der Waals surface area contributed by atoms with Crippen molar-refractivity contribution in [3.05, 3.63) is 47.3 Å². The number of ether oxygens (including phenoxy) is 2. The minimum absolute atomic E-state index is 0.00760. The average Bonchev–Trinajstić information content (AvgIpc) is 3.31. The van der Waals surface area contributed by atoms with E-state index in [1.54, 1.807) is 6.08 Å². The van der Waals surface area contributed by atoms with E-state index in [-0.39, 0.29) is 18.4 Å². The van der Waals surface area contributed by atoms with E-state index in [4.69, 9.17) is 9.47 Å². The molecule has 0 bridgehead atoms. The van der Waals surface area contributed by atoms with E-state index in [2.05, 4.69) is 15.5 Å². The molecular formula is C24H32F3N3O4. The Bertz CT molecular complexity index is 877. The maximum Gasteiger partial charge on any atom is 0.416 e. The van der Waals surface area contributed by atoms with Crippen molar-refractivity contribution in [3.63, 3.8) is 0 Å². The summed E-state index contributed by atoms with van der Waals surface area (Å²) in [5.74, 6) is 0.687. The van der Waals surface area contributed by atoms with Gasteiger partial charge in [-0.3, -0.25) is 0 Å². The second-order valence-electron chi connectivity index (χ2n) is 9.25. The molecule has 7 nitrogen and oxygen atoms in total. The van der Waals surface area contributed by atoms with Crippen LogP contribution in [-0.4, -0.2) is 79.4 Å². The largest absolute Gasteiger partial charge is 0.493 e. The van der Waals surface area contributed by atoms with Crippen LogP contribution in [0.2, 0.25) is 0 Å². The lowest BCUT2D eigenvalue weighted by atomic mass is 9.88. The smallest absolute Gasteiger partial charge is 0.416 e. The Balaban J connectivity index is 1.42. The Kier molecular flexibility index (Phi) is 7.69. The third-order valence-electron chi connectivity index (χ3n) is 6.61. The van der Waals surface area contributed by atoms with Crippen LogP contribution in [0.5, 0.6) is 0 Å². The first kappa shape index (κ1) is 24.8. The predicted molar refractivity (Wildman–Crippen MR) is 120 cm³/mol. The molecule has 3 N–H and O–H groups in total. The summed E-state index contributed by atoms with van der Waals surface area (Å²) >= 11 is 0. The zero-order valence-electron chi connectivity index (χ0n) is 19.2. The zero-order chi connectivity index (χ0) is 24.3. The number of carbonyl (C=O) groups is 1. The van der Waals surface area contributed by atoms with Gasteiger partial charge >= 0.3 is 12.2 Å². The van der Waals surface area contributed by atoms with E-state index in [1.807, 2.05) is 13.0 Å². The van der Waals surface area contributed by atoms with Crippen molar-refractivity contribution in [3.8, 4) is 0 Å². The zero-order valence-corrected chi connectivity index (χ0v) is 19.2. The maximum absolute atomic E-state index is 12.8. The molecule has 0 radical (unpaired) electrons. The molecule has 5 atom stereocenters. The number of fused-ring (bicyclic) bond motifs is 1. The van der Waals surface area contributed by atoms with Gasteiger partial charge in [-0.05, 0) is 44.0 Å². The van der Waals surface area contributed by atoms with E-state index in [0.29, 0.717) is 31.1 Å². The maximum atomic E-state index is 12.8. The Morgan fingerprint density at radius 3 is 2.74 bits per heavy atom. The Morgan fingerprint density at radius 2 is 2.06 bits per heavy atom. The number of hydrogen-bond acceptors (Lipinski definition) is 5. The summed E-state index contributed by atoms with van der Waals surface area (Å²) in [7, 11) is 0. The highest BCUT2D eigenvalue weighted by Crippen LogP contribution is 2.31. The van der Waals surface area contributed by atoms with Crippen molar-refractivity contribution in [2.75, 3.05) is 32.8 Å². The lowest BCUT2D eigenvalue weighted by molar-refractivity contribution is -0.0886. The van der Waals surface area contributed by atoms with Gasteiger partial charge in [0.2, 0.25) is 0 Å². The van der Waals surface area contributed by atoms with Crippen LogP contribution < -0.4 is 10.6 Å². The first-order valence-electron chi connectivity index (χ1n) is 11.8. The number of likely N-dealkylation sites (tertiary alicyclic amines) is 1. The van der Waals surface area contributed by atoms with Crippen LogP contribution in [0.3, 0.4) is 0 Å². The number of carbonyl (C=O) groups excluding carboxylic acids is 1. The van der Waals surface area contributed by atoms with Gasteiger partial charge in [-0.15, -0.1) is 0 Å². The van der Waals surface area contributed by atoms with Gasteiger partial charge in [0.1, 0.15) is 24.6 Å². The number of rotatable bonds is 6. The summed E-state index contributed by atoms with van der Waals surface area (Å²) in [6.07, 6.45) is 3.74. The first-order chi connectivity index (χ1) is 16.2. The van der Waals surface area contributed by atoms with Crippen LogP contribution >= 0.6 is 0 Å². The molecule has 2 fully saturated rings. The summed E-state index contributed by atoms with van der Waals surface area (Å²) in [6, 6.07) is -1.70. The molecule has 0 aromatic rings. The number of nitrogens with one attached hydrogen (secondary N) is 2. The Morgan fingerprint density at radius 1 is 1.29 bits per heavy atom. The second kappa shape index (κ2) is 10.5. The normalized spacial score (nSPS) is 29.2. The van der Waals surface area contributed by atoms with Crippen LogP contribution in [0.4, 0.5) is 18.0 Å². The van der Waals surface area contributed by atoms with Crippen LogP contribution in [0.25, 0.3) is 0 Å². The number of aliphatic hydroxyl groups is 1. The molecule has 10 heteroatoms. The van der Waals surface area contributed by atoms with Gasteiger partial charge in [0.25, 0.3) is 0 Å². The van der Waals surface area contributed by atoms with Crippen LogP contribution in [0, 0.1) is 5.92 Å². The van der Waals surface area contributed by atoms with E-state index < -0.39 is 36.0 Å². The SMILES string of the molecule is CC1C=C([C@@H](O)[C@@H](CN2CCCC2)NC(=O)NC2C=CC(C(F)(F)F)=CC2)C=C2OCCOC21. The Hall–Kier alpha value is -2.30. The molecule has 188 valence electrons. The predicted octanol–water partition coefficient (Wildman–Crippen LogP) is 2.80. The number of aliphatic hydroxyl groups excluding tert-OH is 1. The number of allylic oxidation sites excluding steroid dienone is 2. The molecule has 0 saturated carbocycles. The average molecular weight is 484 g/mol. The molecule has 0 aromatic heterocycles. The van der Waals surface area contributed by atoms with Gasteiger partial charge < -0.3 is 30.1 Å². The molecule has 2 amide bonds. The van der Waals surface area contributed by atoms with Gasteiger partial charge in [0, 0.05) is 12.5 Å². The van der Waals surface area contributed by atoms with E-state index in [0.717, 1.165) is 38.1 Å². The van der Waals surface area contributed by atoms with Crippen molar-refractivity contribution >= 4 is 6.03 Å². The molecule has 34 heavy (non-hydrogen) atoms. The summed E-state index contributed by atoms with van der Waals surface area (Å²) in [6.45, 7) is 5.20. The van der Waals surface area contributed by atoms with E-state index >= 15 is 0 Å². The highest BCUT2D eigenvalue weighted by molar-refractivity contribution is 5.75. The second-order valence-corrected chi connectivity index (χ2v) is 9.25. The quantitative estimate of drug-likeness (QED) is 0.541. The van der Waals surface area contributed by atoms with Gasteiger partial charge in [0.15, 0.2) is 0 Å². The molecular weight excluding hydrogens is 451 g/mol. The van der Waals surface area contributed by atoms with Crippen LogP contribution in [-0.2, 0) is 9.47 Å². The molecule has 2 aliphatic heterocycles. The molecule has 3 unspecified atom stereocenters. The number of hydrogen-bond donors (Lipinski definition) is 3. The van der Waals surface area contributed by atoms with Gasteiger partial charge in [-0.25, -0.2) is 4.79 Å². The number of urea groups is 1. The van der Waals surface area contributed by atoms with Gasteiger partial charge in [0.05, 0.1) is 24.3 Å². The third kappa shape index (κ3) is 6.03. The Labute approximate surface area is 197 Å². The van der Waals surface area contributed by atoms with Crippen molar-refractivity contribution in [1.82, 2.24) is 15.5 Å². The monoisotopic (exact) mass is 483 g/mol.